The summed E-state index contributed by atoms with van der Waals surface area (Å²) < 4.78 is 38.6. The Hall–Kier alpha value is -2.29. The van der Waals surface area contributed by atoms with Crippen molar-refractivity contribution in [2.45, 2.75) is 23.8 Å². The Morgan fingerprint density at radius 2 is 1.88 bits per heavy atom. The Balaban J connectivity index is 1.81. The molecule has 0 aliphatic heterocycles. The molecular formula is C18H21FN2O4S. The minimum atomic E-state index is -3.48. The zero-order valence-electron chi connectivity index (χ0n) is 14.3. The summed E-state index contributed by atoms with van der Waals surface area (Å²) in [5, 5.41) is 12.6. The molecule has 140 valence electrons. The Labute approximate surface area is 152 Å². The van der Waals surface area contributed by atoms with Crippen LogP contribution in [0.2, 0.25) is 0 Å². The number of aryl methyl sites for hydroxylation is 1. The fourth-order valence-electron chi connectivity index (χ4n) is 2.34. The van der Waals surface area contributed by atoms with Crippen LogP contribution < -0.4 is 10.0 Å². The van der Waals surface area contributed by atoms with Gasteiger partial charge >= 0.3 is 0 Å². The lowest BCUT2D eigenvalue weighted by molar-refractivity contribution is -0.121. The van der Waals surface area contributed by atoms with Crippen LogP contribution in [-0.4, -0.2) is 33.0 Å². The van der Waals surface area contributed by atoms with Crippen LogP contribution in [0.4, 0.5) is 4.39 Å². The molecule has 0 saturated heterocycles. The van der Waals surface area contributed by atoms with Crippen LogP contribution >= 0.6 is 0 Å². The quantitative estimate of drug-likeness (QED) is 0.647. The van der Waals surface area contributed by atoms with E-state index in [0.29, 0.717) is 12.0 Å². The molecule has 1 atom stereocenters. The summed E-state index contributed by atoms with van der Waals surface area (Å²) in [5.41, 5.74) is 1.22. The zero-order valence-corrected chi connectivity index (χ0v) is 15.1. The van der Waals surface area contributed by atoms with Crippen molar-refractivity contribution in [3.63, 3.8) is 0 Å². The molecule has 1 unspecified atom stereocenters. The van der Waals surface area contributed by atoms with Crippen molar-refractivity contribution in [1.82, 2.24) is 10.0 Å². The highest BCUT2D eigenvalue weighted by Crippen LogP contribution is 2.14. The molecule has 26 heavy (non-hydrogen) atoms. The number of carbonyl (C=O) groups is 1. The van der Waals surface area contributed by atoms with Crippen molar-refractivity contribution in [3.05, 3.63) is 65.5 Å². The van der Waals surface area contributed by atoms with Crippen molar-refractivity contribution in [2.24, 2.45) is 0 Å². The Morgan fingerprint density at radius 3 is 2.50 bits per heavy atom. The molecule has 2 aromatic rings. The van der Waals surface area contributed by atoms with Gasteiger partial charge in [0.15, 0.2) is 0 Å². The highest BCUT2D eigenvalue weighted by molar-refractivity contribution is 7.89. The van der Waals surface area contributed by atoms with Gasteiger partial charge in [0.1, 0.15) is 5.82 Å². The number of amides is 1. The van der Waals surface area contributed by atoms with Crippen molar-refractivity contribution < 1.29 is 22.7 Å². The fraction of sp³-hybridized carbons (Fsp3) is 0.278. The van der Waals surface area contributed by atoms with Crippen molar-refractivity contribution in [1.29, 1.82) is 0 Å². The molecule has 0 aliphatic rings. The third-order valence-corrected chi connectivity index (χ3v) is 5.30. The minimum absolute atomic E-state index is 0.0123. The SMILES string of the molecule is CNS(=O)(=O)c1ccc(CCC(=O)NCC(O)c2cccc(F)c2)cc1. The molecule has 0 radical (unpaired) electrons. The first-order valence-electron chi connectivity index (χ1n) is 8.04. The van der Waals surface area contributed by atoms with Gasteiger partial charge in [0, 0.05) is 13.0 Å². The topological polar surface area (TPSA) is 95.5 Å². The maximum Gasteiger partial charge on any atom is 0.240 e. The third-order valence-electron chi connectivity index (χ3n) is 3.87. The van der Waals surface area contributed by atoms with E-state index in [-0.39, 0.29) is 23.8 Å². The molecule has 0 aromatic heterocycles. The van der Waals surface area contributed by atoms with E-state index in [9.17, 15) is 22.7 Å². The lowest BCUT2D eigenvalue weighted by Crippen LogP contribution is -2.28. The molecule has 0 spiro atoms. The number of hydrogen-bond donors (Lipinski definition) is 3. The summed E-state index contributed by atoms with van der Waals surface area (Å²) in [6.07, 6.45) is -0.365. The summed E-state index contributed by atoms with van der Waals surface area (Å²) in [6.45, 7) is -0.0123. The Bertz CT molecular complexity index is 854. The van der Waals surface area contributed by atoms with Gasteiger partial charge in [-0.05, 0) is 48.9 Å². The molecule has 0 heterocycles. The lowest BCUT2D eigenvalue weighted by atomic mass is 10.1. The third kappa shape index (κ3) is 5.62. The second-order valence-electron chi connectivity index (χ2n) is 5.73. The first-order chi connectivity index (χ1) is 12.3. The number of rotatable bonds is 8. The van der Waals surface area contributed by atoms with Gasteiger partial charge in [-0.2, -0.15) is 0 Å². The molecule has 8 heteroatoms. The van der Waals surface area contributed by atoms with Gasteiger partial charge in [-0.3, -0.25) is 4.79 Å². The van der Waals surface area contributed by atoms with E-state index in [4.69, 9.17) is 0 Å². The summed E-state index contributed by atoms with van der Waals surface area (Å²) in [7, 11) is -2.14. The molecule has 2 aromatic carbocycles. The molecule has 0 saturated carbocycles. The van der Waals surface area contributed by atoms with Gasteiger partial charge in [0.25, 0.3) is 0 Å². The van der Waals surface area contributed by atoms with E-state index < -0.39 is 21.9 Å². The average Bonchev–Trinajstić information content (AvgIpc) is 2.64. The second-order valence-corrected chi connectivity index (χ2v) is 7.61. The normalized spacial score (nSPS) is 12.6. The smallest absolute Gasteiger partial charge is 0.240 e. The number of aliphatic hydroxyl groups excluding tert-OH is 1. The first kappa shape index (κ1) is 20.0. The fourth-order valence-corrected chi connectivity index (χ4v) is 3.07. The van der Waals surface area contributed by atoms with E-state index in [1.54, 1.807) is 18.2 Å². The summed E-state index contributed by atoms with van der Waals surface area (Å²) >= 11 is 0. The van der Waals surface area contributed by atoms with Crippen molar-refractivity contribution in [2.75, 3.05) is 13.6 Å². The minimum Gasteiger partial charge on any atom is -0.387 e. The number of hydrogen-bond acceptors (Lipinski definition) is 4. The van der Waals surface area contributed by atoms with E-state index >= 15 is 0 Å². The van der Waals surface area contributed by atoms with Crippen LogP contribution in [0.25, 0.3) is 0 Å². The molecular weight excluding hydrogens is 359 g/mol. The molecule has 6 nitrogen and oxygen atoms in total. The van der Waals surface area contributed by atoms with Gasteiger partial charge in [0.2, 0.25) is 15.9 Å². The van der Waals surface area contributed by atoms with Crippen LogP contribution in [0.15, 0.2) is 53.4 Å². The van der Waals surface area contributed by atoms with Gasteiger partial charge < -0.3 is 10.4 Å². The predicted octanol–water partition coefficient (Wildman–Crippen LogP) is 1.52. The van der Waals surface area contributed by atoms with Crippen molar-refractivity contribution in [3.8, 4) is 0 Å². The standard InChI is InChI=1S/C18H21FN2O4S/c1-20-26(24,25)16-8-5-13(6-9-16)7-10-18(23)21-12-17(22)14-3-2-4-15(19)11-14/h2-6,8-9,11,17,20,22H,7,10,12H2,1H3,(H,21,23). The highest BCUT2D eigenvalue weighted by atomic mass is 32.2. The van der Waals surface area contributed by atoms with E-state index in [0.717, 1.165) is 5.56 Å². The molecule has 0 aliphatic carbocycles. The monoisotopic (exact) mass is 380 g/mol. The number of sulfonamides is 1. The van der Waals surface area contributed by atoms with Gasteiger partial charge in [-0.15, -0.1) is 0 Å². The number of nitrogens with one attached hydrogen (secondary N) is 2. The Kier molecular flexibility index (Phi) is 6.84. The van der Waals surface area contributed by atoms with Crippen LogP contribution in [0.1, 0.15) is 23.7 Å². The van der Waals surface area contributed by atoms with Crippen LogP contribution in [0.5, 0.6) is 0 Å². The van der Waals surface area contributed by atoms with E-state index in [1.165, 1.54) is 37.4 Å². The maximum atomic E-state index is 13.1. The van der Waals surface area contributed by atoms with Crippen LogP contribution in [0.3, 0.4) is 0 Å². The summed E-state index contributed by atoms with van der Waals surface area (Å²) in [5.74, 6) is -0.705. The number of halogens is 1. The van der Waals surface area contributed by atoms with Gasteiger partial charge in [-0.1, -0.05) is 24.3 Å². The second kappa shape index (κ2) is 8.88. The zero-order chi connectivity index (χ0) is 19.2. The van der Waals surface area contributed by atoms with E-state index in [2.05, 4.69) is 10.0 Å². The number of benzene rings is 2. The molecule has 0 fully saturated rings. The average molecular weight is 380 g/mol. The largest absolute Gasteiger partial charge is 0.387 e. The van der Waals surface area contributed by atoms with Crippen LogP contribution in [0, 0.1) is 5.82 Å². The highest BCUT2D eigenvalue weighted by Gasteiger charge is 2.12. The van der Waals surface area contributed by atoms with Gasteiger partial charge in [0.05, 0.1) is 11.0 Å². The first-order valence-corrected chi connectivity index (χ1v) is 9.53. The number of aliphatic hydroxyl groups is 1. The molecule has 0 bridgehead atoms. The van der Waals surface area contributed by atoms with Crippen LogP contribution in [-0.2, 0) is 21.2 Å². The van der Waals surface area contributed by atoms with Gasteiger partial charge in [-0.25, -0.2) is 17.5 Å². The predicted molar refractivity (Wildman–Crippen MR) is 95.4 cm³/mol. The summed E-state index contributed by atoms with van der Waals surface area (Å²) in [6, 6.07) is 11.8. The number of carbonyl (C=O) groups excluding carboxylic acids is 1. The van der Waals surface area contributed by atoms with Crippen molar-refractivity contribution >= 4 is 15.9 Å². The molecule has 2 rings (SSSR count). The molecule has 1 amide bonds. The van der Waals surface area contributed by atoms with E-state index in [1.807, 2.05) is 0 Å². The summed E-state index contributed by atoms with van der Waals surface area (Å²) in [4.78, 5) is 12.0. The molecule has 3 N–H and O–H groups in total. The lowest BCUT2D eigenvalue weighted by Gasteiger charge is -2.12. The maximum absolute atomic E-state index is 13.1. The Morgan fingerprint density at radius 1 is 1.19 bits per heavy atom.